The molecule has 0 saturated carbocycles. The molecule has 1 aromatic rings. The van der Waals surface area contributed by atoms with Crippen LogP contribution in [0.4, 0.5) is 5.82 Å². The molecule has 3 nitrogen and oxygen atoms in total. The molecule has 0 unspecified atom stereocenters. The Morgan fingerprint density at radius 2 is 2.06 bits per heavy atom. The van der Waals surface area contributed by atoms with Gasteiger partial charge in [0, 0.05) is 18.8 Å². The molecule has 0 aliphatic carbocycles. The number of aryl methyl sites for hydroxylation is 1. The van der Waals surface area contributed by atoms with Crippen molar-refractivity contribution in [3.63, 3.8) is 0 Å². The van der Waals surface area contributed by atoms with E-state index >= 15 is 0 Å². The molecule has 0 aromatic carbocycles. The molecule has 0 spiro atoms. The van der Waals surface area contributed by atoms with Gasteiger partial charge in [-0.15, -0.1) is 0 Å². The standard InChI is InChI=1S/C14H25N3/c1-5-8-16-14-7-6-13(12(4)17-14)10-15-9-11(2)3/h6-7,11,15H,5,8-10H2,1-4H3,(H,16,17). The average molecular weight is 235 g/mol. The van der Waals surface area contributed by atoms with Crippen LogP contribution >= 0.6 is 0 Å². The lowest BCUT2D eigenvalue weighted by molar-refractivity contribution is 0.551. The van der Waals surface area contributed by atoms with Gasteiger partial charge in [0.15, 0.2) is 0 Å². The second-order valence-corrected chi connectivity index (χ2v) is 4.89. The lowest BCUT2D eigenvalue weighted by Crippen LogP contribution is -2.19. The van der Waals surface area contributed by atoms with Crippen LogP contribution in [-0.4, -0.2) is 18.1 Å². The highest BCUT2D eigenvalue weighted by atomic mass is 15.0. The van der Waals surface area contributed by atoms with Gasteiger partial charge < -0.3 is 10.6 Å². The number of anilines is 1. The van der Waals surface area contributed by atoms with Crippen LogP contribution in [-0.2, 0) is 6.54 Å². The number of pyridine rings is 1. The van der Waals surface area contributed by atoms with Crippen molar-refractivity contribution in [1.29, 1.82) is 0 Å². The van der Waals surface area contributed by atoms with Crippen molar-refractivity contribution >= 4 is 5.82 Å². The summed E-state index contributed by atoms with van der Waals surface area (Å²) in [7, 11) is 0. The summed E-state index contributed by atoms with van der Waals surface area (Å²) in [5, 5.41) is 6.75. The minimum atomic E-state index is 0.689. The monoisotopic (exact) mass is 235 g/mol. The molecule has 0 bridgehead atoms. The number of hydrogen-bond donors (Lipinski definition) is 2. The third-order valence-electron chi connectivity index (χ3n) is 2.62. The summed E-state index contributed by atoms with van der Waals surface area (Å²) in [6, 6.07) is 4.22. The Labute approximate surface area is 105 Å². The molecule has 1 rings (SSSR count). The van der Waals surface area contributed by atoms with E-state index in [4.69, 9.17) is 0 Å². The van der Waals surface area contributed by atoms with E-state index in [1.165, 1.54) is 5.56 Å². The van der Waals surface area contributed by atoms with Crippen molar-refractivity contribution in [2.45, 2.75) is 40.7 Å². The largest absolute Gasteiger partial charge is 0.370 e. The lowest BCUT2D eigenvalue weighted by Gasteiger charge is -2.11. The molecular formula is C14H25N3. The van der Waals surface area contributed by atoms with Gasteiger partial charge in [-0.25, -0.2) is 4.98 Å². The molecule has 0 fully saturated rings. The maximum atomic E-state index is 4.56. The molecule has 0 amide bonds. The van der Waals surface area contributed by atoms with Crippen LogP contribution in [0.15, 0.2) is 12.1 Å². The van der Waals surface area contributed by atoms with E-state index < -0.39 is 0 Å². The van der Waals surface area contributed by atoms with E-state index in [2.05, 4.69) is 55.4 Å². The van der Waals surface area contributed by atoms with Gasteiger partial charge in [0.25, 0.3) is 0 Å². The third kappa shape index (κ3) is 5.18. The molecule has 0 aliphatic heterocycles. The number of hydrogen-bond acceptors (Lipinski definition) is 3. The normalized spacial score (nSPS) is 10.9. The Hall–Kier alpha value is -1.09. The predicted molar refractivity (Wildman–Crippen MR) is 74.3 cm³/mol. The summed E-state index contributed by atoms with van der Waals surface area (Å²) in [6.07, 6.45) is 1.12. The molecule has 1 heterocycles. The molecule has 0 aliphatic rings. The Balaban J connectivity index is 2.50. The maximum absolute atomic E-state index is 4.56. The molecule has 17 heavy (non-hydrogen) atoms. The van der Waals surface area contributed by atoms with E-state index in [0.29, 0.717) is 5.92 Å². The summed E-state index contributed by atoms with van der Waals surface area (Å²) in [5.74, 6) is 1.67. The lowest BCUT2D eigenvalue weighted by atomic mass is 10.2. The zero-order chi connectivity index (χ0) is 12.7. The van der Waals surface area contributed by atoms with Crippen LogP contribution in [0.2, 0.25) is 0 Å². The first-order valence-electron chi connectivity index (χ1n) is 6.54. The van der Waals surface area contributed by atoms with Gasteiger partial charge in [0.1, 0.15) is 5.82 Å². The second-order valence-electron chi connectivity index (χ2n) is 4.89. The Bertz CT molecular complexity index is 334. The summed E-state index contributed by atoms with van der Waals surface area (Å²) in [5.41, 5.74) is 2.40. The molecule has 0 saturated heterocycles. The number of rotatable bonds is 7. The van der Waals surface area contributed by atoms with Crippen LogP contribution in [0.1, 0.15) is 38.4 Å². The average Bonchev–Trinajstić information content (AvgIpc) is 2.28. The smallest absolute Gasteiger partial charge is 0.126 e. The summed E-state index contributed by atoms with van der Waals surface area (Å²) in [4.78, 5) is 4.56. The van der Waals surface area contributed by atoms with Gasteiger partial charge in [-0.3, -0.25) is 0 Å². The predicted octanol–water partition coefficient (Wildman–Crippen LogP) is 2.96. The molecule has 0 radical (unpaired) electrons. The van der Waals surface area contributed by atoms with Gasteiger partial charge in [-0.2, -0.15) is 0 Å². The third-order valence-corrected chi connectivity index (χ3v) is 2.62. The van der Waals surface area contributed by atoms with Gasteiger partial charge in [0.2, 0.25) is 0 Å². The molecule has 0 atom stereocenters. The summed E-state index contributed by atoms with van der Waals surface area (Å²) >= 11 is 0. The molecule has 2 N–H and O–H groups in total. The number of nitrogens with one attached hydrogen (secondary N) is 2. The fourth-order valence-corrected chi connectivity index (χ4v) is 1.62. The van der Waals surface area contributed by atoms with Crippen LogP contribution in [0.3, 0.4) is 0 Å². The second kappa shape index (κ2) is 7.28. The van der Waals surface area contributed by atoms with Crippen LogP contribution in [0.5, 0.6) is 0 Å². The fourth-order valence-electron chi connectivity index (χ4n) is 1.62. The van der Waals surface area contributed by atoms with Crippen LogP contribution in [0.25, 0.3) is 0 Å². The summed E-state index contributed by atoms with van der Waals surface area (Å²) in [6.45, 7) is 11.6. The number of nitrogens with zero attached hydrogens (tertiary/aromatic N) is 1. The van der Waals surface area contributed by atoms with Crippen molar-refractivity contribution in [2.24, 2.45) is 5.92 Å². The van der Waals surface area contributed by atoms with E-state index in [1.54, 1.807) is 0 Å². The minimum Gasteiger partial charge on any atom is -0.370 e. The molecular weight excluding hydrogens is 210 g/mol. The quantitative estimate of drug-likeness (QED) is 0.763. The van der Waals surface area contributed by atoms with E-state index in [0.717, 1.165) is 37.6 Å². The molecule has 1 aromatic heterocycles. The summed E-state index contributed by atoms with van der Waals surface area (Å²) < 4.78 is 0. The SMILES string of the molecule is CCCNc1ccc(CNCC(C)C)c(C)n1. The van der Waals surface area contributed by atoms with E-state index in [-0.39, 0.29) is 0 Å². The topological polar surface area (TPSA) is 37.0 Å². The Morgan fingerprint density at radius 1 is 1.29 bits per heavy atom. The Kier molecular flexibility index (Phi) is 5.98. The van der Waals surface area contributed by atoms with Crippen molar-refractivity contribution in [3.05, 3.63) is 23.4 Å². The van der Waals surface area contributed by atoms with Gasteiger partial charge in [-0.05, 0) is 37.4 Å². The first kappa shape index (κ1) is 14.0. The van der Waals surface area contributed by atoms with Crippen molar-refractivity contribution < 1.29 is 0 Å². The highest BCUT2D eigenvalue weighted by molar-refractivity contribution is 5.38. The van der Waals surface area contributed by atoms with E-state index in [1.807, 2.05) is 0 Å². The van der Waals surface area contributed by atoms with Crippen LogP contribution in [0, 0.1) is 12.8 Å². The number of aromatic nitrogens is 1. The highest BCUT2D eigenvalue weighted by Crippen LogP contribution is 2.10. The fraction of sp³-hybridized carbons (Fsp3) is 0.643. The van der Waals surface area contributed by atoms with Gasteiger partial charge in [-0.1, -0.05) is 26.8 Å². The van der Waals surface area contributed by atoms with Crippen molar-refractivity contribution in [3.8, 4) is 0 Å². The van der Waals surface area contributed by atoms with E-state index in [9.17, 15) is 0 Å². The molecule has 3 heteroatoms. The van der Waals surface area contributed by atoms with Gasteiger partial charge >= 0.3 is 0 Å². The zero-order valence-corrected chi connectivity index (χ0v) is 11.5. The minimum absolute atomic E-state index is 0.689. The molecule has 96 valence electrons. The van der Waals surface area contributed by atoms with Gasteiger partial charge in [0.05, 0.1) is 0 Å². The first-order valence-corrected chi connectivity index (χ1v) is 6.54. The zero-order valence-electron chi connectivity index (χ0n) is 11.5. The highest BCUT2D eigenvalue weighted by Gasteiger charge is 2.01. The maximum Gasteiger partial charge on any atom is 0.126 e. The van der Waals surface area contributed by atoms with Crippen molar-refractivity contribution in [2.75, 3.05) is 18.4 Å². The first-order chi connectivity index (χ1) is 8.13. The van der Waals surface area contributed by atoms with Crippen molar-refractivity contribution in [1.82, 2.24) is 10.3 Å². The Morgan fingerprint density at radius 3 is 2.65 bits per heavy atom. The van der Waals surface area contributed by atoms with Crippen LogP contribution < -0.4 is 10.6 Å².